The lowest BCUT2D eigenvalue weighted by Gasteiger charge is -2.19. The van der Waals surface area contributed by atoms with Crippen LogP contribution >= 0.6 is 11.6 Å². The molecule has 30 heavy (non-hydrogen) atoms. The van der Waals surface area contributed by atoms with E-state index in [0.29, 0.717) is 35.5 Å². The van der Waals surface area contributed by atoms with Gasteiger partial charge in [0.15, 0.2) is 5.56 Å². The smallest absolute Gasteiger partial charge is 0.270 e. The normalized spacial score (nSPS) is 14.8. The molecular formula is C22H25ClN4O3. The molecule has 1 aliphatic carbocycles. The van der Waals surface area contributed by atoms with Crippen molar-refractivity contribution in [2.24, 2.45) is 5.92 Å². The van der Waals surface area contributed by atoms with Crippen molar-refractivity contribution < 1.29 is 9.52 Å². The van der Waals surface area contributed by atoms with E-state index in [9.17, 15) is 9.90 Å². The van der Waals surface area contributed by atoms with Crippen molar-refractivity contribution in [1.82, 2.24) is 19.7 Å². The maximum absolute atomic E-state index is 13.4. The summed E-state index contributed by atoms with van der Waals surface area (Å²) in [5.74, 6) is 1.07. The topological polar surface area (TPSA) is 94.0 Å². The number of hydrogen-bond acceptors (Lipinski definition) is 6. The third kappa shape index (κ3) is 4.26. The summed E-state index contributed by atoms with van der Waals surface area (Å²) in [6, 6.07) is 7.34. The Balaban J connectivity index is 1.70. The molecule has 4 rings (SSSR count). The number of halogens is 1. The van der Waals surface area contributed by atoms with E-state index in [-0.39, 0.29) is 28.9 Å². The molecule has 1 atom stereocenters. The number of rotatable bonds is 8. The highest BCUT2D eigenvalue weighted by molar-refractivity contribution is 6.30. The van der Waals surface area contributed by atoms with Crippen LogP contribution in [0, 0.1) is 5.92 Å². The largest absolute Gasteiger partial charge is 0.493 e. The second kappa shape index (κ2) is 8.60. The number of aromatic hydroxyl groups is 1. The van der Waals surface area contributed by atoms with E-state index in [0.717, 1.165) is 31.2 Å². The van der Waals surface area contributed by atoms with Crippen LogP contribution in [0.15, 0.2) is 33.5 Å². The predicted octanol–water partition coefficient (Wildman–Crippen LogP) is 4.56. The highest BCUT2D eigenvalue weighted by atomic mass is 35.5. The maximum atomic E-state index is 13.4. The van der Waals surface area contributed by atoms with E-state index in [4.69, 9.17) is 16.0 Å². The molecular weight excluding hydrogens is 404 g/mol. The second-order valence-corrected chi connectivity index (χ2v) is 8.32. The molecule has 7 nitrogen and oxygen atoms in total. The van der Waals surface area contributed by atoms with E-state index in [1.165, 1.54) is 0 Å². The van der Waals surface area contributed by atoms with E-state index >= 15 is 0 Å². The van der Waals surface area contributed by atoms with Crippen LogP contribution in [0.5, 0.6) is 5.88 Å². The molecule has 2 aromatic heterocycles. The Morgan fingerprint density at radius 1 is 1.27 bits per heavy atom. The molecule has 1 N–H and O–H groups in total. The highest BCUT2D eigenvalue weighted by Gasteiger charge is 2.33. The van der Waals surface area contributed by atoms with Crippen LogP contribution in [0.25, 0.3) is 11.5 Å². The number of unbranched alkanes of at least 4 members (excludes halogenated alkanes) is 1. The molecule has 1 aliphatic rings. The van der Waals surface area contributed by atoms with Gasteiger partial charge in [0.2, 0.25) is 11.8 Å². The zero-order valence-corrected chi connectivity index (χ0v) is 17.9. The minimum Gasteiger partial charge on any atom is -0.493 e. The first-order valence-corrected chi connectivity index (χ1v) is 10.8. The van der Waals surface area contributed by atoms with E-state index in [2.05, 4.69) is 22.1 Å². The van der Waals surface area contributed by atoms with Gasteiger partial charge in [-0.2, -0.15) is 4.98 Å². The van der Waals surface area contributed by atoms with Gasteiger partial charge in [-0.15, -0.1) is 10.2 Å². The Morgan fingerprint density at radius 3 is 2.67 bits per heavy atom. The van der Waals surface area contributed by atoms with Crippen LogP contribution in [0.4, 0.5) is 0 Å². The molecule has 0 aliphatic heterocycles. The lowest BCUT2D eigenvalue weighted by molar-refractivity contribution is 0.407. The van der Waals surface area contributed by atoms with Crippen LogP contribution in [0.1, 0.15) is 62.9 Å². The Morgan fingerprint density at radius 2 is 2.00 bits per heavy atom. The molecule has 2 heterocycles. The van der Waals surface area contributed by atoms with Crippen LogP contribution in [-0.2, 0) is 12.8 Å². The van der Waals surface area contributed by atoms with Gasteiger partial charge in [-0.3, -0.25) is 9.36 Å². The quantitative estimate of drug-likeness (QED) is 0.565. The summed E-state index contributed by atoms with van der Waals surface area (Å²) in [5, 5.41) is 19.3. The number of aryl methyl sites for hydroxylation is 1. The van der Waals surface area contributed by atoms with Crippen molar-refractivity contribution in [3.8, 4) is 17.3 Å². The molecule has 0 saturated heterocycles. The second-order valence-electron chi connectivity index (χ2n) is 7.89. The fourth-order valence-corrected chi connectivity index (χ4v) is 3.80. The van der Waals surface area contributed by atoms with Gasteiger partial charge in [0.25, 0.3) is 11.4 Å². The fraction of sp³-hybridized carbons (Fsp3) is 0.455. The summed E-state index contributed by atoms with van der Waals surface area (Å²) in [6.45, 7) is 4.12. The highest BCUT2D eigenvalue weighted by Crippen LogP contribution is 2.40. The van der Waals surface area contributed by atoms with Gasteiger partial charge in [0.1, 0.15) is 5.82 Å². The van der Waals surface area contributed by atoms with E-state index in [1.807, 2.05) is 19.1 Å². The molecule has 3 aromatic rings. The number of nitrogens with zero attached hydrogens (tertiary/aromatic N) is 4. The summed E-state index contributed by atoms with van der Waals surface area (Å²) >= 11 is 5.92. The molecule has 1 fully saturated rings. The van der Waals surface area contributed by atoms with E-state index in [1.54, 1.807) is 16.7 Å². The monoisotopic (exact) mass is 428 g/mol. The molecule has 8 heteroatoms. The average Bonchev–Trinajstić information content (AvgIpc) is 3.48. The van der Waals surface area contributed by atoms with Crippen molar-refractivity contribution in [3.63, 3.8) is 0 Å². The summed E-state index contributed by atoms with van der Waals surface area (Å²) < 4.78 is 7.44. The van der Waals surface area contributed by atoms with Crippen molar-refractivity contribution in [3.05, 3.63) is 56.9 Å². The number of hydrogen-bond donors (Lipinski definition) is 1. The molecule has 0 spiro atoms. The Labute approximate surface area is 179 Å². The van der Waals surface area contributed by atoms with Gasteiger partial charge < -0.3 is 9.52 Å². The van der Waals surface area contributed by atoms with Crippen molar-refractivity contribution in [2.75, 3.05) is 0 Å². The van der Waals surface area contributed by atoms with Gasteiger partial charge in [0.05, 0.1) is 6.42 Å². The lowest BCUT2D eigenvalue weighted by atomic mass is 10.1. The van der Waals surface area contributed by atoms with Gasteiger partial charge in [-0.25, -0.2) is 0 Å². The Hall–Kier alpha value is -2.67. The first kappa shape index (κ1) is 20.6. The van der Waals surface area contributed by atoms with Crippen LogP contribution in [0.3, 0.4) is 0 Å². The lowest BCUT2D eigenvalue weighted by Crippen LogP contribution is -2.30. The summed E-state index contributed by atoms with van der Waals surface area (Å²) in [4.78, 5) is 17.7. The molecule has 0 radical (unpaired) electrons. The average molecular weight is 429 g/mol. The predicted molar refractivity (Wildman–Crippen MR) is 114 cm³/mol. The molecule has 0 bridgehead atoms. The van der Waals surface area contributed by atoms with Crippen LogP contribution < -0.4 is 5.56 Å². The first-order chi connectivity index (χ1) is 14.5. The third-order valence-electron chi connectivity index (χ3n) is 5.58. The Bertz CT molecular complexity index is 1090. The molecule has 0 amide bonds. The van der Waals surface area contributed by atoms with Gasteiger partial charge in [0, 0.05) is 17.5 Å². The van der Waals surface area contributed by atoms with E-state index < -0.39 is 0 Å². The standard InChI is InChI=1S/C22H25ClN4O3/c1-3-4-5-17-24-20(28)19(22(29)27(17)13(2)15-8-9-15)21-26-25-18(30-21)12-14-6-10-16(23)11-7-14/h6-7,10-11,13,15,28H,3-5,8-9,12H2,1-2H3. The number of benzene rings is 1. The summed E-state index contributed by atoms with van der Waals surface area (Å²) in [7, 11) is 0. The van der Waals surface area contributed by atoms with Gasteiger partial charge in [-0.1, -0.05) is 37.1 Å². The summed E-state index contributed by atoms with van der Waals surface area (Å²) in [6.07, 6.45) is 5.12. The van der Waals surface area contributed by atoms with Crippen LogP contribution in [-0.4, -0.2) is 24.9 Å². The van der Waals surface area contributed by atoms with Gasteiger partial charge in [-0.05, 0) is 49.8 Å². The molecule has 158 valence electrons. The maximum Gasteiger partial charge on any atom is 0.270 e. The summed E-state index contributed by atoms with van der Waals surface area (Å²) in [5.41, 5.74) is 0.596. The fourth-order valence-electron chi connectivity index (χ4n) is 3.68. The van der Waals surface area contributed by atoms with Gasteiger partial charge >= 0.3 is 0 Å². The zero-order chi connectivity index (χ0) is 21.3. The van der Waals surface area contributed by atoms with Crippen molar-refractivity contribution in [2.45, 2.75) is 58.4 Å². The van der Waals surface area contributed by atoms with Crippen molar-refractivity contribution in [1.29, 1.82) is 0 Å². The minimum atomic E-state index is -0.355. The SMILES string of the molecule is CCCCc1nc(O)c(-c2nnc(Cc3ccc(Cl)cc3)o2)c(=O)n1C(C)C1CC1. The Kier molecular flexibility index (Phi) is 5.90. The third-order valence-corrected chi connectivity index (χ3v) is 5.84. The molecule has 1 saturated carbocycles. The minimum absolute atomic E-state index is 0.00671. The number of aromatic nitrogens is 4. The van der Waals surface area contributed by atoms with Crippen molar-refractivity contribution >= 4 is 11.6 Å². The van der Waals surface area contributed by atoms with Crippen LogP contribution in [0.2, 0.25) is 5.02 Å². The molecule has 1 aromatic carbocycles. The zero-order valence-electron chi connectivity index (χ0n) is 17.1. The molecule has 1 unspecified atom stereocenters. The first-order valence-electron chi connectivity index (χ1n) is 10.4.